The predicted octanol–water partition coefficient (Wildman–Crippen LogP) is 3.42. The van der Waals surface area contributed by atoms with Gasteiger partial charge in [-0.25, -0.2) is 18.3 Å². The lowest BCUT2D eigenvalue weighted by Gasteiger charge is -2.26. The summed E-state index contributed by atoms with van der Waals surface area (Å²) in [5.74, 6) is -0.961. The van der Waals surface area contributed by atoms with Crippen molar-refractivity contribution in [3.05, 3.63) is 75.7 Å². The van der Waals surface area contributed by atoms with Gasteiger partial charge in [-0.2, -0.15) is 4.31 Å². The second kappa shape index (κ2) is 7.68. The van der Waals surface area contributed by atoms with Crippen molar-refractivity contribution in [2.45, 2.75) is 17.9 Å². The van der Waals surface area contributed by atoms with Crippen LogP contribution in [0.4, 0.5) is 4.39 Å². The van der Waals surface area contributed by atoms with Crippen LogP contribution in [0.3, 0.4) is 0 Å². The van der Waals surface area contributed by atoms with Crippen LogP contribution in [0.5, 0.6) is 0 Å². The molecule has 0 bridgehead atoms. The smallest absolute Gasteiger partial charge is 0.284 e. The number of halogens is 1. The fourth-order valence-electron chi connectivity index (χ4n) is 3.31. The Labute approximate surface area is 171 Å². The third-order valence-electron chi connectivity index (χ3n) is 4.81. The third-order valence-corrected chi connectivity index (χ3v) is 7.88. The highest BCUT2D eigenvalue weighted by molar-refractivity contribution is 7.89. The van der Waals surface area contributed by atoms with Crippen molar-refractivity contribution in [2.24, 2.45) is 0 Å². The number of carbonyl (C=O) groups excluding carboxylic acids is 1. The molecule has 4 rings (SSSR count). The minimum Gasteiger partial charge on any atom is -0.288 e. The largest absolute Gasteiger partial charge is 0.288 e. The Hall–Kier alpha value is -2.59. The summed E-state index contributed by atoms with van der Waals surface area (Å²) in [5, 5.41) is 8.79. The molecule has 2 aromatic carbocycles. The molecule has 6 nitrogen and oxygen atoms in total. The second-order valence-corrected chi connectivity index (χ2v) is 9.70. The number of nitrogens with one attached hydrogen (secondary N) is 1. The molecule has 9 heteroatoms. The molecule has 0 atom stereocenters. The van der Waals surface area contributed by atoms with Gasteiger partial charge in [0.15, 0.2) is 0 Å². The van der Waals surface area contributed by atoms with Crippen molar-refractivity contribution in [2.75, 3.05) is 6.54 Å². The van der Waals surface area contributed by atoms with E-state index >= 15 is 0 Å². The van der Waals surface area contributed by atoms with E-state index in [4.69, 9.17) is 5.21 Å². The number of hydrogen-bond acceptors (Lipinski definition) is 5. The molecule has 150 valence electrons. The maximum Gasteiger partial charge on any atom is 0.284 e. The molecule has 3 aromatic rings. The van der Waals surface area contributed by atoms with Gasteiger partial charge >= 0.3 is 0 Å². The third kappa shape index (κ3) is 3.82. The topological polar surface area (TPSA) is 86.7 Å². The van der Waals surface area contributed by atoms with E-state index in [-0.39, 0.29) is 17.3 Å². The van der Waals surface area contributed by atoms with Crippen LogP contribution < -0.4 is 5.48 Å². The molecule has 1 aromatic heterocycles. The molecule has 0 spiro atoms. The Morgan fingerprint density at radius 2 is 1.86 bits per heavy atom. The summed E-state index contributed by atoms with van der Waals surface area (Å²) in [7, 11) is -3.75. The number of carbonyl (C=O) groups is 1. The van der Waals surface area contributed by atoms with Crippen LogP contribution in [0.25, 0.3) is 11.1 Å². The van der Waals surface area contributed by atoms with E-state index in [1.54, 1.807) is 41.9 Å². The van der Waals surface area contributed by atoms with Crippen LogP contribution in [-0.4, -0.2) is 30.4 Å². The predicted molar refractivity (Wildman–Crippen MR) is 107 cm³/mol. The quantitative estimate of drug-likeness (QED) is 0.489. The van der Waals surface area contributed by atoms with Gasteiger partial charge in [-0.15, -0.1) is 11.3 Å². The van der Waals surface area contributed by atoms with Crippen molar-refractivity contribution in [1.82, 2.24) is 9.79 Å². The van der Waals surface area contributed by atoms with Crippen molar-refractivity contribution in [1.29, 1.82) is 0 Å². The van der Waals surface area contributed by atoms with E-state index < -0.39 is 15.9 Å². The Kier molecular flexibility index (Phi) is 5.22. The van der Waals surface area contributed by atoms with Crippen LogP contribution in [0, 0.1) is 5.82 Å². The van der Waals surface area contributed by atoms with Crippen molar-refractivity contribution < 1.29 is 22.8 Å². The van der Waals surface area contributed by atoms with Gasteiger partial charge in [0.1, 0.15) is 5.82 Å². The average Bonchev–Trinajstić information content (AvgIpc) is 3.17. The fourth-order valence-corrected chi connectivity index (χ4v) is 5.83. The van der Waals surface area contributed by atoms with Crippen LogP contribution in [0.2, 0.25) is 0 Å². The minimum absolute atomic E-state index is 0.159. The zero-order valence-corrected chi connectivity index (χ0v) is 16.8. The summed E-state index contributed by atoms with van der Waals surface area (Å²) in [6.07, 6.45) is 0.496. The summed E-state index contributed by atoms with van der Waals surface area (Å²) >= 11 is 1.25. The van der Waals surface area contributed by atoms with Gasteiger partial charge in [0, 0.05) is 18.0 Å². The number of benzene rings is 2. The Morgan fingerprint density at radius 3 is 2.59 bits per heavy atom. The van der Waals surface area contributed by atoms with Gasteiger partial charge in [0.05, 0.1) is 9.77 Å². The van der Waals surface area contributed by atoms with Crippen LogP contribution in [0.15, 0.2) is 59.5 Å². The molecule has 1 amide bonds. The Morgan fingerprint density at radius 1 is 1.10 bits per heavy atom. The number of nitrogens with zero attached hydrogens (tertiary/aromatic N) is 1. The number of thiophene rings is 1. The van der Waals surface area contributed by atoms with Gasteiger partial charge in [-0.05, 0) is 53.4 Å². The molecule has 2 heterocycles. The van der Waals surface area contributed by atoms with Crippen LogP contribution in [0.1, 0.15) is 20.1 Å². The molecule has 2 N–H and O–H groups in total. The SMILES string of the molecule is O=C(NO)c1cc2c(s1)CCN(S(=O)(=O)c1cccc(-c3ccc(F)cc3)c1)C2. The highest BCUT2D eigenvalue weighted by atomic mass is 32.2. The molecular weight excluding hydrogens is 415 g/mol. The Bertz CT molecular complexity index is 1170. The van der Waals surface area contributed by atoms with Gasteiger partial charge in [0.2, 0.25) is 10.0 Å². The zero-order chi connectivity index (χ0) is 20.6. The first-order valence-electron chi connectivity index (χ1n) is 8.80. The number of hydrogen-bond donors (Lipinski definition) is 2. The summed E-state index contributed by atoms with van der Waals surface area (Å²) in [4.78, 5) is 13.1. The van der Waals surface area contributed by atoms with E-state index in [9.17, 15) is 17.6 Å². The van der Waals surface area contributed by atoms with E-state index in [0.29, 0.717) is 23.4 Å². The number of sulfonamides is 1. The summed E-state index contributed by atoms with van der Waals surface area (Å²) in [5.41, 5.74) is 3.77. The standard InChI is InChI=1S/C20H17FN2O4S2/c21-16-6-4-13(5-7-16)14-2-1-3-17(10-14)29(26,27)23-9-8-18-15(12-23)11-19(28-18)20(24)22-25/h1-7,10-11,25H,8-9,12H2,(H,22,24). The van der Waals surface area contributed by atoms with Crippen molar-refractivity contribution in [3.8, 4) is 11.1 Å². The Balaban J connectivity index is 1.62. The maximum absolute atomic E-state index is 13.2. The summed E-state index contributed by atoms with van der Waals surface area (Å²) in [6, 6.07) is 14.0. The number of hydroxylamine groups is 1. The van der Waals surface area contributed by atoms with E-state index in [0.717, 1.165) is 16.0 Å². The first-order chi connectivity index (χ1) is 13.9. The fraction of sp³-hybridized carbons (Fsp3) is 0.150. The van der Waals surface area contributed by atoms with Crippen LogP contribution >= 0.6 is 11.3 Å². The molecule has 29 heavy (non-hydrogen) atoms. The normalized spacial score (nSPS) is 14.4. The zero-order valence-electron chi connectivity index (χ0n) is 15.1. The molecule has 0 saturated carbocycles. The first-order valence-corrected chi connectivity index (χ1v) is 11.1. The van der Waals surface area contributed by atoms with E-state index in [1.165, 1.54) is 33.8 Å². The lowest BCUT2D eigenvalue weighted by atomic mass is 10.1. The molecule has 0 saturated heterocycles. The molecule has 0 unspecified atom stereocenters. The molecule has 0 fully saturated rings. The minimum atomic E-state index is -3.75. The lowest BCUT2D eigenvalue weighted by molar-refractivity contribution is 0.0711. The molecular formula is C20H17FN2O4S2. The van der Waals surface area contributed by atoms with E-state index in [2.05, 4.69) is 0 Å². The van der Waals surface area contributed by atoms with E-state index in [1.807, 2.05) is 0 Å². The van der Waals surface area contributed by atoms with Crippen molar-refractivity contribution in [3.63, 3.8) is 0 Å². The molecule has 1 aliphatic rings. The summed E-state index contributed by atoms with van der Waals surface area (Å²) in [6.45, 7) is 0.463. The molecule has 0 aliphatic carbocycles. The highest BCUT2D eigenvalue weighted by Gasteiger charge is 2.30. The monoisotopic (exact) mass is 432 g/mol. The average molecular weight is 432 g/mol. The second-order valence-electron chi connectivity index (χ2n) is 6.62. The van der Waals surface area contributed by atoms with Crippen molar-refractivity contribution >= 4 is 27.3 Å². The maximum atomic E-state index is 13.2. The molecule has 0 radical (unpaired) electrons. The van der Waals surface area contributed by atoms with Crippen LogP contribution in [-0.2, 0) is 23.0 Å². The highest BCUT2D eigenvalue weighted by Crippen LogP contribution is 2.32. The number of fused-ring (bicyclic) bond motifs is 1. The number of amides is 1. The lowest BCUT2D eigenvalue weighted by Crippen LogP contribution is -2.35. The summed E-state index contributed by atoms with van der Waals surface area (Å²) < 4.78 is 40.9. The van der Waals surface area contributed by atoms with Gasteiger partial charge < -0.3 is 0 Å². The van der Waals surface area contributed by atoms with Gasteiger partial charge in [0.25, 0.3) is 5.91 Å². The number of rotatable bonds is 4. The first kappa shape index (κ1) is 19.7. The van der Waals surface area contributed by atoms with Gasteiger partial charge in [-0.3, -0.25) is 10.0 Å². The van der Waals surface area contributed by atoms with Gasteiger partial charge in [-0.1, -0.05) is 24.3 Å². The molecule has 1 aliphatic heterocycles.